The highest BCUT2D eigenvalue weighted by atomic mass is 32.2. The monoisotopic (exact) mass is 969 g/mol. The number of fused-ring (bicyclic) bond motifs is 1. The average molecular weight is 970 g/mol. The highest BCUT2D eigenvalue weighted by molar-refractivity contribution is 8.00. The molecular weight excluding hydrogens is 911 g/mol. The smallest absolute Gasteiger partial charge is 0.264 e. The Morgan fingerprint density at radius 1 is 0.881 bits per heavy atom. The molecule has 4 saturated heterocycles. The first-order valence-electron chi connectivity index (χ1n) is 22.6. The number of carbonyl (C=O) groups is 7. The van der Waals surface area contributed by atoms with Gasteiger partial charge < -0.3 is 35.5 Å². The van der Waals surface area contributed by atoms with E-state index in [1.807, 2.05) is 6.07 Å². The lowest BCUT2D eigenvalue weighted by molar-refractivity contribution is -0.136. The number of imide groups is 2. The first-order valence-corrected chi connectivity index (χ1v) is 25.5. The van der Waals surface area contributed by atoms with Crippen molar-refractivity contribution in [3.63, 3.8) is 0 Å². The number of amides is 7. The number of benzene rings is 2. The minimum Gasteiger partial charge on any atom is -0.382 e. The molecule has 2 aromatic rings. The van der Waals surface area contributed by atoms with Gasteiger partial charge in [0.15, 0.2) is 0 Å². The molecule has 7 amide bonds. The number of piperidine rings is 2. The molecule has 67 heavy (non-hydrogen) atoms. The van der Waals surface area contributed by atoms with Crippen LogP contribution < -0.4 is 37.2 Å². The quantitative estimate of drug-likeness (QED) is 0.0591. The lowest BCUT2D eigenvalue weighted by atomic mass is 9.88. The lowest BCUT2D eigenvalue weighted by Crippen LogP contribution is -2.54. The third-order valence-electron chi connectivity index (χ3n) is 12.3. The van der Waals surface area contributed by atoms with Gasteiger partial charge in [-0.2, -0.15) is 0 Å². The summed E-state index contributed by atoms with van der Waals surface area (Å²) in [5.41, 5.74) is 2.81. The molecule has 0 spiro atoms. The molecule has 5 aliphatic rings. The standard InChI is InChI=1S/C44H59N9O12S2/c1-67(61,62)52-16-11-30(25-52)40(57)48-24-37(56)51-44-49-33(26-66-44)29-5-2-4-27(22-29)28-10-13-47-38(23-28)65-19-15-46-35(54)12-17-63-20-21-64-18-14-45-32-7-3-6-31-39(32)43(60)53(42(31)59)34-8-9-36(55)50-41(34)58/h2-7,22,28,30,33-34,38,44-45,47,49H,8-21,23-26H2,1H3,(H,46,54)(H,48,57)(H,51,56)(H,50,55,58). The zero-order valence-corrected chi connectivity index (χ0v) is 39.0. The first kappa shape index (κ1) is 49.9. The zero-order chi connectivity index (χ0) is 47.5. The molecular formula is C44H59N9O12S2. The van der Waals surface area contributed by atoms with Crippen LogP contribution in [0.2, 0.25) is 0 Å². The number of sulfonamides is 1. The van der Waals surface area contributed by atoms with E-state index in [2.05, 4.69) is 55.4 Å². The summed E-state index contributed by atoms with van der Waals surface area (Å²) in [5.74, 6) is -2.52. The summed E-state index contributed by atoms with van der Waals surface area (Å²) in [4.78, 5) is 88.8. The number of carbonyl (C=O) groups excluding carboxylic acids is 7. The van der Waals surface area contributed by atoms with Gasteiger partial charge in [0.1, 0.15) is 17.8 Å². The fourth-order valence-electron chi connectivity index (χ4n) is 8.72. The van der Waals surface area contributed by atoms with Crippen molar-refractivity contribution in [3.05, 3.63) is 64.7 Å². The van der Waals surface area contributed by atoms with Crippen molar-refractivity contribution in [1.82, 2.24) is 41.1 Å². The van der Waals surface area contributed by atoms with E-state index in [4.69, 9.17) is 14.2 Å². The fraction of sp³-hybridized carbons (Fsp3) is 0.568. The van der Waals surface area contributed by atoms with Crippen LogP contribution in [0.25, 0.3) is 0 Å². The van der Waals surface area contributed by atoms with Crippen LogP contribution >= 0.6 is 11.8 Å². The van der Waals surface area contributed by atoms with Crippen molar-refractivity contribution in [2.24, 2.45) is 5.92 Å². The number of ether oxygens (including phenoxy) is 3. The van der Waals surface area contributed by atoms with E-state index in [0.29, 0.717) is 38.3 Å². The second-order valence-electron chi connectivity index (χ2n) is 17.0. The molecule has 0 saturated carbocycles. The average Bonchev–Trinajstić information content (AvgIpc) is 4.06. The van der Waals surface area contributed by atoms with E-state index in [-0.39, 0.29) is 111 Å². The molecule has 7 rings (SSSR count). The molecule has 0 bridgehead atoms. The molecule has 364 valence electrons. The third kappa shape index (κ3) is 13.4. The molecule has 0 aliphatic carbocycles. The van der Waals surface area contributed by atoms with Gasteiger partial charge in [0, 0.05) is 56.5 Å². The number of nitrogens with one attached hydrogen (secondary N) is 7. The Labute approximate surface area is 393 Å². The summed E-state index contributed by atoms with van der Waals surface area (Å²) in [5, 5.41) is 20.6. The van der Waals surface area contributed by atoms with Crippen molar-refractivity contribution in [2.45, 2.75) is 68.3 Å². The Morgan fingerprint density at radius 2 is 1.67 bits per heavy atom. The van der Waals surface area contributed by atoms with Gasteiger partial charge >= 0.3 is 0 Å². The number of thioether (sulfide) groups is 1. The summed E-state index contributed by atoms with van der Waals surface area (Å²) < 4.78 is 42.1. The maximum absolute atomic E-state index is 13.2. The van der Waals surface area contributed by atoms with Crippen LogP contribution in [0.1, 0.15) is 82.3 Å². The number of anilines is 1. The van der Waals surface area contributed by atoms with E-state index >= 15 is 0 Å². The summed E-state index contributed by atoms with van der Waals surface area (Å²) in [6.07, 6.45) is 3.40. The maximum atomic E-state index is 13.2. The van der Waals surface area contributed by atoms with Gasteiger partial charge in [0.2, 0.25) is 39.6 Å². The molecule has 0 radical (unpaired) electrons. The molecule has 21 nitrogen and oxygen atoms in total. The van der Waals surface area contributed by atoms with E-state index in [0.717, 1.165) is 41.9 Å². The molecule has 7 N–H and O–H groups in total. The van der Waals surface area contributed by atoms with E-state index in [9.17, 15) is 42.0 Å². The van der Waals surface area contributed by atoms with Gasteiger partial charge in [0.05, 0.1) is 62.9 Å². The van der Waals surface area contributed by atoms with E-state index in [1.54, 1.807) is 23.9 Å². The van der Waals surface area contributed by atoms with Gasteiger partial charge in [-0.3, -0.25) is 54.4 Å². The highest BCUT2D eigenvalue weighted by Gasteiger charge is 2.45. The summed E-state index contributed by atoms with van der Waals surface area (Å²) in [7, 11) is -3.36. The topological polar surface area (TPSA) is 272 Å². The Morgan fingerprint density at radius 3 is 2.46 bits per heavy atom. The predicted octanol–water partition coefficient (Wildman–Crippen LogP) is -0.276. The molecule has 5 heterocycles. The molecule has 4 fully saturated rings. The van der Waals surface area contributed by atoms with Gasteiger partial charge in [-0.25, -0.2) is 12.7 Å². The maximum Gasteiger partial charge on any atom is 0.264 e. The normalized spacial score (nSPS) is 24.3. The molecule has 2 aromatic carbocycles. The lowest BCUT2D eigenvalue weighted by Gasteiger charge is -2.31. The summed E-state index contributed by atoms with van der Waals surface area (Å²) >= 11 is 1.57. The Balaban J connectivity index is 0.716. The largest absolute Gasteiger partial charge is 0.382 e. The van der Waals surface area contributed by atoms with Crippen LogP contribution in [-0.2, 0) is 48.2 Å². The van der Waals surface area contributed by atoms with Crippen LogP contribution in [0.5, 0.6) is 0 Å². The van der Waals surface area contributed by atoms with Crippen LogP contribution in [0.15, 0.2) is 42.5 Å². The minimum atomic E-state index is -3.36. The van der Waals surface area contributed by atoms with Crippen LogP contribution in [0.3, 0.4) is 0 Å². The Kier molecular flexibility index (Phi) is 17.4. The Hall–Kier alpha value is -5.01. The summed E-state index contributed by atoms with van der Waals surface area (Å²) in [6, 6.07) is 12.3. The van der Waals surface area contributed by atoms with Gasteiger partial charge in [-0.15, -0.1) is 11.8 Å². The van der Waals surface area contributed by atoms with Crippen molar-refractivity contribution in [2.75, 3.05) is 89.6 Å². The van der Waals surface area contributed by atoms with Gasteiger partial charge in [-0.05, 0) is 61.4 Å². The SMILES string of the molecule is CS(=O)(=O)N1CCC(C(=O)NCC(=O)NC2NC(c3cccc(C4CCNC(OCCNC(=O)CCOCCOCCNc5cccc6c5C(=O)N(C5CCC(=O)NC5=O)C6=O)C4)c3)CS2)C1. The minimum absolute atomic E-state index is 0.0200. The van der Waals surface area contributed by atoms with Crippen molar-refractivity contribution >= 4 is 68.8 Å². The van der Waals surface area contributed by atoms with E-state index in [1.165, 1.54) is 15.9 Å². The van der Waals surface area contributed by atoms with Gasteiger partial charge in [-0.1, -0.05) is 30.3 Å². The summed E-state index contributed by atoms with van der Waals surface area (Å²) in [6.45, 7) is 3.10. The molecule has 5 aliphatic heterocycles. The molecule has 6 unspecified atom stereocenters. The molecule has 0 aromatic heterocycles. The van der Waals surface area contributed by atoms with Crippen molar-refractivity contribution in [3.8, 4) is 0 Å². The first-order chi connectivity index (χ1) is 32.2. The van der Waals surface area contributed by atoms with Crippen molar-refractivity contribution < 1.29 is 56.2 Å². The number of nitrogens with zero attached hydrogens (tertiary/aromatic N) is 2. The Bertz CT molecular complexity index is 2290. The molecule has 23 heteroatoms. The number of rotatable bonds is 22. The van der Waals surface area contributed by atoms with Crippen LogP contribution in [0, 0.1) is 5.92 Å². The van der Waals surface area contributed by atoms with Crippen LogP contribution in [0.4, 0.5) is 5.69 Å². The highest BCUT2D eigenvalue weighted by Crippen LogP contribution is 2.34. The van der Waals surface area contributed by atoms with E-state index < -0.39 is 45.6 Å². The zero-order valence-electron chi connectivity index (χ0n) is 37.3. The second-order valence-corrected chi connectivity index (χ2v) is 20.1. The second kappa shape index (κ2) is 23.3. The number of hydrogen-bond donors (Lipinski definition) is 7. The third-order valence-corrected chi connectivity index (χ3v) is 14.6. The molecule has 6 atom stereocenters. The number of hydrogen-bond acceptors (Lipinski definition) is 16. The van der Waals surface area contributed by atoms with Crippen molar-refractivity contribution in [1.29, 1.82) is 0 Å². The van der Waals surface area contributed by atoms with Crippen LogP contribution in [-0.4, -0.2) is 161 Å². The fourth-order valence-corrected chi connectivity index (χ4v) is 10.8. The predicted molar refractivity (Wildman–Crippen MR) is 245 cm³/mol. The van der Waals surface area contributed by atoms with Gasteiger partial charge in [0.25, 0.3) is 11.8 Å².